The Morgan fingerprint density at radius 2 is 1.94 bits per heavy atom. The maximum Gasteiger partial charge on any atom is 0.307 e. The zero-order chi connectivity index (χ0) is 13.3. The first kappa shape index (κ1) is 13.8. The van der Waals surface area contributed by atoms with Crippen molar-refractivity contribution in [2.24, 2.45) is 5.92 Å². The Labute approximate surface area is 107 Å². The molecule has 104 valence electrons. The average molecular weight is 277 g/mol. The van der Waals surface area contributed by atoms with Gasteiger partial charge < -0.3 is 10.2 Å². The fourth-order valence-electron chi connectivity index (χ4n) is 3.07. The van der Waals surface area contributed by atoms with Crippen LogP contribution < -0.4 is 0 Å². The second kappa shape index (κ2) is 5.14. The zero-order valence-corrected chi connectivity index (χ0v) is 11.0. The van der Waals surface area contributed by atoms with Gasteiger partial charge in [-0.2, -0.15) is 4.31 Å². The molecular weight excluding hydrogens is 258 g/mol. The van der Waals surface area contributed by atoms with Crippen molar-refractivity contribution in [1.82, 2.24) is 4.31 Å². The molecule has 0 aromatic rings. The molecule has 0 aromatic carbocycles. The van der Waals surface area contributed by atoms with Crippen molar-refractivity contribution < 1.29 is 23.4 Å². The molecule has 2 rings (SSSR count). The summed E-state index contributed by atoms with van der Waals surface area (Å²) in [5.41, 5.74) is 0. The monoisotopic (exact) mass is 277 g/mol. The molecule has 7 heteroatoms. The number of hydrogen-bond acceptors (Lipinski definition) is 4. The van der Waals surface area contributed by atoms with Gasteiger partial charge in [-0.25, -0.2) is 8.42 Å². The number of rotatable bonds is 4. The Hall–Kier alpha value is -0.660. The zero-order valence-electron chi connectivity index (χ0n) is 10.2. The van der Waals surface area contributed by atoms with Crippen LogP contribution in [0.2, 0.25) is 0 Å². The summed E-state index contributed by atoms with van der Waals surface area (Å²) in [6.45, 7) is 0.208. The van der Waals surface area contributed by atoms with Gasteiger partial charge in [0.15, 0.2) is 0 Å². The van der Waals surface area contributed by atoms with Crippen molar-refractivity contribution in [3.8, 4) is 0 Å². The normalized spacial score (nSPS) is 33.9. The van der Waals surface area contributed by atoms with Crippen molar-refractivity contribution in [3.05, 3.63) is 0 Å². The highest BCUT2D eigenvalue weighted by Gasteiger charge is 2.46. The van der Waals surface area contributed by atoms with Crippen LogP contribution in [0.15, 0.2) is 0 Å². The summed E-state index contributed by atoms with van der Waals surface area (Å²) in [5.74, 6) is -1.82. The van der Waals surface area contributed by atoms with Crippen LogP contribution in [-0.2, 0) is 14.8 Å². The Morgan fingerprint density at radius 1 is 1.22 bits per heavy atom. The largest absolute Gasteiger partial charge is 0.481 e. The van der Waals surface area contributed by atoms with E-state index in [0.29, 0.717) is 32.2 Å². The van der Waals surface area contributed by atoms with Gasteiger partial charge in [0.2, 0.25) is 10.0 Å². The summed E-state index contributed by atoms with van der Waals surface area (Å²) in [4.78, 5) is 11.1. The van der Waals surface area contributed by atoms with Crippen molar-refractivity contribution in [2.75, 3.05) is 13.2 Å². The van der Waals surface area contributed by atoms with E-state index in [1.54, 1.807) is 0 Å². The highest BCUT2D eigenvalue weighted by atomic mass is 32.2. The first-order valence-electron chi connectivity index (χ1n) is 6.32. The summed E-state index contributed by atoms with van der Waals surface area (Å²) in [7, 11) is -3.60. The van der Waals surface area contributed by atoms with Gasteiger partial charge in [0.1, 0.15) is 0 Å². The van der Waals surface area contributed by atoms with Crippen molar-refractivity contribution in [2.45, 2.75) is 43.4 Å². The van der Waals surface area contributed by atoms with Crippen LogP contribution in [0.5, 0.6) is 0 Å². The highest BCUT2D eigenvalue weighted by Crippen LogP contribution is 2.35. The minimum Gasteiger partial charge on any atom is -0.481 e. The van der Waals surface area contributed by atoms with E-state index in [4.69, 9.17) is 5.11 Å². The van der Waals surface area contributed by atoms with Crippen LogP contribution in [0.3, 0.4) is 0 Å². The lowest BCUT2D eigenvalue weighted by Crippen LogP contribution is -2.45. The molecule has 1 aliphatic carbocycles. The summed E-state index contributed by atoms with van der Waals surface area (Å²) in [6, 6.07) is -0.370. The highest BCUT2D eigenvalue weighted by molar-refractivity contribution is 7.89. The number of sulfonamides is 1. The van der Waals surface area contributed by atoms with Crippen LogP contribution in [0.25, 0.3) is 0 Å². The average Bonchev–Trinajstić information content (AvgIpc) is 2.98. The first-order chi connectivity index (χ1) is 8.48. The standard InChI is InChI=1S/C11H19NO5S/c13-7-8-3-2-6-12(8)18(16,17)10-5-1-4-9(10)11(14)15/h8-10,13H,1-7H2,(H,14,15)/t8-,9?,10?/m0/s1. The van der Waals surface area contributed by atoms with Crippen LogP contribution >= 0.6 is 0 Å². The quantitative estimate of drug-likeness (QED) is 0.755. The third-order valence-corrected chi connectivity index (χ3v) is 6.48. The Kier molecular flexibility index (Phi) is 3.93. The van der Waals surface area contributed by atoms with Gasteiger partial charge >= 0.3 is 5.97 Å². The van der Waals surface area contributed by atoms with Crippen LogP contribution in [0.4, 0.5) is 0 Å². The molecule has 1 saturated heterocycles. The number of hydrogen-bond donors (Lipinski definition) is 2. The van der Waals surface area contributed by atoms with Gasteiger partial charge in [-0.15, -0.1) is 0 Å². The molecule has 0 bridgehead atoms. The predicted molar refractivity (Wildman–Crippen MR) is 64.5 cm³/mol. The maximum atomic E-state index is 12.5. The molecule has 0 radical (unpaired) electrons. The van der Waals surface area contributed by atoms with E-state index < -0.39 is 27.2 Å². The molecule has 2 unspecified atom stereocenters. The van der Waals surface area contributed by atoms with E-state index in [-0.39, 0.29) is 12.6 Å². The third kappa shape index (κ3) is 2.26. The number of nitrogens with zero attached hydrogens (tertiary/aromatic N) is 1. The van der Waals surface area contributed by atoms with Gasteiger partial charge in [-0.05, 0) is 25.7 Å². The van der Waals surface area contributed by atoms with Crippen LogP contribution in [0, 0.1) is 5.92 Å². The first-order valence-corrected chi connectivity index (χ1v) is 7.83. The fraction of sp³-hybridized carbons (Fsp3) is 0.909. The summed E-state index contributed by atoms with van der Waals surface area (Å²) < 4.78 is 26.3. The molecule has 2 fully saturated rings. The topological polar surface area (TPSA) is 94.9 Å². The van der Waals surface area contributed by atoms with Gasteiger partial charge in [0.05, 0.1) is 17.8 Å². The number of carbonyl (C=O) groups is 1. The molecule has 0 amide bonds. The lowest BCUT2D eigenvalue weighted by molar-refractivity contribution is -0.141. The Bertz CT molecular complexity index is 421. The van der Waals surface area contributed by atoms with Crippen molar-refractivity contribution >= 4 is 16.0 Å². The second-order valence-electron chi connectivity index (χ2n) is 5.05. The molecule has 18 heavy (non-hydrogen) atoms. The lowest BCUT2D eigenvalue weighted by Gasteiger charge is -2.27. The van der Waals surface area contributed by atoms with E-state index in [2.05, 4.69) is 0 Å². The summed E-state index contributed by atoms with van der Waals surface area (Å²) in [5, 5.41) is 17.5. The van der Waals surface area contributed by atoms with Gasteiger partial charge in [0, 0.05) is 12.6 Å². The molecule has 1 aliphatic heterocycles. The van der Waals surface area contributed by atoms with E-state index in [0.717, 1.165) is 6.42 Å². The molecule has 2 aliphatic rings. The van der Waals surface area contributed by atoms with Crippen molar-refractivity contribution in [1.29, 1.82) is 0 Å². The molecular formula is C11H19NO5S. The molecule has 2 N–H and O–H groups in total. The molecule has 1 heterocycles. The van der Waals surface area contributed by atoms with Crippen molar-refractivity contribution in [3.63, 3.8) is 0 Å². The molecule has 0 aromatic heterocycles. The second-order valence-corrected chi connectivity index (χ2v) is 7.15. The number of aliphatic hydroxyl groups excluding tert-OH is 1. The van der Waals surface area contributed by atoms with Crippen LogP contribution in [0.1, 0.15) is 32.1 Å². The number of carboxylic acid groups (broad SMARTS) is 1. The van der Waals surface area contributed by atoms with Gasteiger partial charge in [-0.1, -0.05) is 6.42 Å². The fourth-order valence-corrected chi connectivity index (χ4v) is 5.52. The minimum atomic E-state index is -3.60. The predicted octanol–water partition coefficient (Wildman–Crippen LogP) is 0.0262. The van der Waals surface area contributed by atoms with Gasteiger partial charge in [-0.3, -0.25) is 4.79 Å². The molecule has 1 saturated carbocycles. The number of aliphatic hydroxyl groups is 1. The number of carboxylic acids is 1. The molecule has 0 spiro atoms. The van der Waals surface area contributed by atoms with E-state index in [1.165, 1.54) is 4.31 Å². The molecule has 3 atom stereocenters. The SMILES string of the molecule is O=C(O)C1CCCC1S(=O)(=O)N1CCC[C@H]1CO. The third-order valence-electron chi connectivity index (χ3n) is 4.01. The minimum absolute atomic E-state index is 0.191. The van der Waals surface area contributed by atoms with E-state index >= 15 is 0 Å². The van der Waals surface area contributed by atoms with Crippen LogP contribution in [-0.4, -0.2) is 53.3 Å². The lowest BCUT2D eigenvalue weighted by atomic mass is 10.1. The van der Waals surface area contributed by atoms with E-state index in [9.17, 15) is 18.3 Å². The van der Waals surface area contributed by atoms with E-state index in [1.807, 2.05) is 0 Å². The Morgan fingerprint density at radius 3 is 2.56 bits per heavy atom. The number of aliphatic carboxylic acids is 1. The maximum absolute atomic E-state index is 12.5. The summed E-state index contributed by atoms with van der Waals surface area (Å²) >= 11 is 0. The summed E-state index contributed by atoms with van der Waals surface area (Å²) in [6.07, 6.45) is 2.86. The Balaban J connectivity index is 2.22. The smallest absolute Gasteiger partial charge is 0.307 e. The van der Waals surface area contributed by atoms with Gasteiger partial charge in [0.25, 0.3) is 0 Å². The molecule has 6 nitrogen and oxygen atoms in total.